The largest absolute Gasteiger partial charge is 0.199 e. The Morgan fingerprint density at radius 1 is 1.40 bits per heavy atom. The smallest absolute Gasteiger partial charge is 0.0587 e. The van der Waals surface area contributed by atoms with Crippen molar-refractivity contribution < 1.29 is 0 Å². The molecule has 0 saturated heterocycles. The first-order chi connectivity index (χ1) is 7.29. The fourth-order valence-corrected chi connectivity index (χ4v) is 1.33. The molecule has 0 radical (unpaired) electrons. The maximum atomic E-state index is 7.32. The fourth-order valence-electron chi connectivity index (χ4n) is 1.33. The monoisotopic (exact) mass is 201 g/mol. The quantitative estimate of drug-likeness (QED) is 0.716. The number of hydrogen-bond donors (Lipinski definition) is 0. The lowest BCUT2D eigenvalue weighted by Gasteiger charge is -2.03. The van der Waals surface area contributed by atoms with E-state index in [9.17, 15) is 0 Å². The first kappa shape index (κ1) is 13.4. The minimum absolute atomic E-state index is 1.18. The average Bonchev–Trinajstić information content (AvgIpc) is 2.28. The number of aryl methyl sites for hydroxylation is 1. The Balaban J connectivity index is 0.000000583. The van der Waals surface area contributed by atoms with Gasteiger partial charge in [0.1, 0.15) is 0 Å². The van der Waals surface area contributed by atoms with Crippen LogP contribution in [0, 0.1) is 11.3 Å². The lowest BCUT2D eigenvalue weighted by Crippen LogP contribution is -1.87. The molecule has 0 aliphatic carbocycles. The van der Waals surface area contributed by atoms with Crippen LogP contribution in [0.15, 0.2) is 30.8 Å². The number of hydrogen-bond acceptors (Lipinski definition) is 1. The molecule has 0 unspecified atom stereocenters. The van der Waals surface area contributed by atoms with Crippen LogP contribution in [0.2, 0.25) is 0 Å². The van der Waals surface area contributed by atoms with Crippen LogP contribution in [0.1, 0.15) is 37.8 Å². The first-order valence-electron chi connectivity index (χ1n) is 5.31. The molecule has 0 aromatic heterocycles. The SMILES string of the molecule is C=Cc1ccccc1CCCC.CC#N. The zero-order chi connectivity index (χ0) is 11.5. The maximum absolute atomic E-state index is 7.32. The summed E-state index contributed by atoms with van der Waals surface area (Å²) in [6.07, 6.45) is 5.64. The summed E-state index contributed by atoms with van der Waals surface area (Å²) in [6, 6.07) is 10.2. The molecule has 1 heteroatoms. The standard InChI is InChI=1S/C12H16.C2H3N/c1-3-5-8-12-10-7-6-9-11(12)4-2;1-2-3/h4,6-7,9-10H,2-3,5,8H2,1H3;1H3. The van der Waals surface area contributed by atoms with Crippen molar-refractivity contribution in [3.8, 4) is 6.07 Å². The molecule has 15 heavy (non-hydrogen) atoms. The molecule has 0 amide bonds. The van der Waals surface area contributed by atoms with Gasteiger partial charge in [-0.15, -0.1) is 0 Å². The summed E-state index contributed by atoms with van der Waals surface area (Å²) in [5.74, 6) is 0. The lowest BCUT2D eigenvalue weighted by molar-refractivity contribution is 0.794. The Morgan fingerprint density at radius 3 is 2.53 bits per heavy atom. The minimum Gasteiger partial charge on any atom is -0.199 e. The average molecular weight is 201 g/mol. The van der Waals surface area contributed by atoms with Gasteiger partial charge in [-0.3, -0.25) is 0 Å². The van der Waals surface area contributed by atoms with Crippen LogP contribution >= 0.6 is 0 Å². The molecule has 0 spiro atoms. The Bertz CT molecular complexity index is 320. The van der Waals surface area contributed by atoms with Crippen molar-refractivity contribution in [2.24, 2.45) is 0 Å². The second-order valence-corrected chi connectivity index (χ2v) is 3.23. The molecule has 1 rings (SSSR count). The summed E-state index contributed by atoms with van der Waals surface area (Å²) in [4.78, 5) is 0. The van der Waals surface area contributed by atoms with E-state index in [1.165, 1.54) is 37.3 Å². The van der Waals surface area contributed by atoms with Gasteiger partial charge in [-0.2, -0.15) is 5.26 Å². The van der Waals surface area contributed by atoms with E-state index in [-0.39, 0.29) is 0 Å². The van der Waals surface area contributed by atoms with Crippen molar-refractivity contribution in [3.63, 3.8) is 0 Å². The van der Waals surface area contributed by atoms with Crippen LogP contribution in [0.3, 0.4) is 0 Å². The molecule has 0 heterocycles. The summed E-state index contributed by atoms with van der Waals surface area (Å²) >= 11 is 0. The third-order valence-corrected chi connectivity index (χ3v) is 2.07. The molecule has 0 bridgehead atoms. The highest BCUT2D eigenvalue weighted by atomic mass is 14.2. The van der Waals surface area contributed by atoms with E-state index in [0.717, 1.165) is 0 Å². The highest BCUT2D eigenvalue weighted by Crippen LogP contribution is 2.12. The van der Waals surface area contributed by atoms with Gasteiger partial charge in [0, 0.05) is 6.92 Å². The van der Waals surface area contributed by atoms with E-state index >= 15 is 0 Å². The van der Waals surface area contributed by atoms with Crippen LogP contribution in [-0.4, -0.2) is 0 Å². The minimum atomic E-state index is 1.18. The van der Waals surface area contributed by atoms with Gasteiger partial charge in [0.2, 0.25) is 0 Å². The van der Waals surface area contributed by atoms with Crippen molar-refractivity contribution in [1.29, 1.82) is 5.26 Å². The second kappa shape index (κ2) is 9.02. The number of benzene rings is 1. The van der Waals surface area contributed by atoms with Gasteiger partial charge in [-0.25, -0.2) is 0 Å². The van der Waals surface area contributed by atoms with Gasteiger partial charge in [0.05, 0.1) is 6.07 Å². The predicted molar refractivity (Wildman–Crippen MR) is 66.4 cm³/mol. The lowest BCUT2D eigenvalue weighted by atomic mass is 10.0. The molecule has 80 valence electrons. The van der Waals surface area contributed by atoms with E-state index < -0.39 is 0 Å². The molecule has 0 fully saturated rings. The summed E-state index contributed by atoms with van der Waals surface area (Å²) < 4.78 is 0. The van der Waals surface area contributed by atoms with Crippen LogP contribution in [0.5, 0.6) is 0 Å². The molecule has 1 aromatic rings. The van der Waals surface area contributed by atoms with Gasteiger partial charge in [0.25, 0.3) is 0 Å². The molecule has 1 nitrogen and oxygen atoms in total. The molecular weight excluding hydrogens is 182 g/mol. The first-order valence-corrected chi connectivity index (χ1v) is 5.31. The van der Waals surface area contributed by atoms with E-state index in [1.807, 2.05) is 6.08 Å². The van der Waals surface area contributed by atoms with E-state index in [4.69, 9.17) is 5.26 Å². The summed E-state index contributed by atoms with van der Waals surface area (Å²) in [5.41, 5.74) is 2.71. The fraction of sp³-hybridized carbons (Fsp3) is 0.357. The van der Waals surface area contributed by atoms with Crippen molar-refractivity contribution in [2.75, 3.05) is 0 Å². The van der Waals surface area contributed by atoms with Gasteiger partial charge in [-0.05, 0) is 24.0 Å². The van der Waals surface area contributed by atoms with Crippen molar-refractivity contribution in [1.82, 2.24) is 0 Å². The van der Waals surface area contributed by atoms with Gasteiger partial charge in [-0.1, -0.05) is 50.3 Å². The number of rotatable bonds is 4. The second-order valence-electron chi connectivity index (χ2n) is 3.23. The van der Waals surface area contributed by atoms with E-state index in [1.54, 1.807) is 6.07 Å². The summed E-state index contributed by atoms with van der Waals surface area (Å²) in [6.45, 7) is 7.45. The zero-order valence-electron chi connectivity index (χ0n) is 9.66. The molecule has 0 aliphatic heterocycles. The van der Waals surface area contributed by atoms with E-state index in [0.29, 0.717) is 0 Å². The normalized spacial score (nSPS) is 8.33. The van der Waals surface area contributed by atoms with E-state index in [2.05, 4.69) is 37.8 Å². The Kier molecular flexibility index (Phi) is 8.09. The summed E-state index contributed by atoms with van der Waals surface area (Å²) in [5, 5.41) is 7.32. The van der Waals surface area contributed by atoms with Crippen LogP contribution in [0.4, 0.5) is 0 Å². The van der Waals surface area contributed by atoms with Crippen LogP contribution in [-0.2, 0) is 6.42 Å². The molecule has 0 aliphatic rings. The molecule has 0 atom stereocenters. The number of unbranched alkanes of at least 4 members (excludes halogenated alkanes) is 1. The molecule has 0 N–H and O–H groups in total. The number of nitriles is 1. The zero-order valence-corrected chi connectivity index (χ0v) is 9.66. The Labute approximate surface area is 93.1 Å². The van der Waals surface area contributed by atoms with Crippen LogP contribution in [0.25, 0.3) is 6.08 Å². The Morgan fingerprint density at radius 2 is 2.00 bits per heavy atom. The van der Waals surface area contributed by atoms with Crippen molar-refractivity contribution >= 4 is 6.08 Å². The van der Waals surface area contributed by atoms with Gasteiger partial charge < -0.3 is 0 Å². The van der Waals surface area contributed by atoms with Gasteiger partial charge in [0.15, 0.2) is 0 Å². The van der Waals surface area contributed by atoms with Crippen molar-refractivity contribution in [2.45, 2.75) is 33.1 Å². The van der Waals surface area contributed by atoms with Crippen LogP contribution < -0.4 is 0 Å². The molecule has 0 saturated carbocycles. The predicted octanol–water partition coefficient (Wildman–Crippen LogP) is 4.20. The third-order valence-electron chi connectivity index (χ3n) is 2.07. The number of nitrogens with zero attached hydrogens (tertiary/aromatic N) is 1. The third kappa shape index (κ3) is 5.70. The van der Waals surface area contributed by atoms with Crippen molar-refractivity contribution in [3.05, 3.63) is 42.0 Å². The summed E-state index contributed by atoms with van der Waals surface area (Å²) in [7, 11) is 0. The maximum Gasteiger partial charge on any atom is 0.0587 e. The highest BCUT2D eigenvalue weighted by molar-refractivity contribution is 5.51. The molecule has 1 aromatic carbocycles. The highest BCUT2D eigenvalue weighted by Gasteiger charge is 1.95. The molecular formula is C14H19N. The van der Waals surface area contributed by atoms with Gasteiger partial charge >= 0.3 is 0 Å². The topological polar surface area (TPSA) is 23.8 Å². The Hall–Kier alpha value is -1.55.